The molecule has 0 saturated heterocycles. The van der Waals surface area contributed by atoms with E-state index in [-0.39, 0.29) is 23.1 Å². The quantitative estimate of drug-likeness (QED) is 0.882. The number of benzene rings is 1. The van der Waals surface area contributed by atoms with E-state index in [1.165, 1.54) is 6.07 Å². The Bertz CT molecular complexity index is 814. The normalized spacial score (nSPS) is 16.4. The van der Waals surface area contributed by atoms with Crippen molar-refractivity contribution in [2.75, 3.05) is 0 Å². The van der Waals surface area contributed by atoms with E-state index in [1.807, 2.05) is 6.07 Å². The van der Waals surface area contributed by atoms with Crippen molar-refractivity contribution >= 4 is 29.1 Å². The molecule has 22 heavy (non-hydrogen) atoms. The summed E-state index contributed by atoms with van der Waals surface area (Å²) < 4.78 is 0. The molecule has 0 spiro atoms. The number of halogens is 2. The van der Waals surface area contributed by atoms with E-state index in [9.17, 15) is 9.59 Å². The van der Waals surface area contributed by atoms with Gasteiger partial charge < -0.3 is 10.3 Å². The van der Waals surface area contributed by atoms with E-state index in [1.54, 1.807) is 19.1 Å². The van der Waals surface area contributed by atoms with Gasteiger partial charge in [0.1, 0.15) is 5.56 Å². The molecule has 2 N–H and O–H groups in total. The Morgan fingerprint density at radius 3 is 2.77 bits per heavy atom. The van der Waals surface area contributed by atoms with E-state index >= 15 is 0 Å². The Morgan fingerprint density at radius 2 is 2.05 bits per heavy atom. The smallest absolute Gasteiger partial charge is 0.260 e. The lowest BCUT2D eigenvalue weighted by Crippen LogP contribution is -2.32. The molecule has 0 aliphatic heterocycles. The highest BCUT2D eigenvalue weighted by molar-refractivity contribution is 6.42. The van der Waals surface area contributed by atoms with Crippen LogP contribution in [0.1, 0.15) is 39.6 Å². The van der Waals surface area contributed by atoms with Crippen molar-refractivity contribution in [3.05, 3.63) is 67.0 Å². The number of rotatable bonds is 2. The molecule has 1 aliphatic carbocycles. The average Bonchev–Trinajstić information content (AvgIpc) is 2.86. The summed E-state index contributed by atoms with van der Waals surface area (Å²) in [7, 11) is 0. The van der Waals surface area contributed by atoms with E-state index in [4.69, 9.17) is 23.2 Å². The second kappa shape index (κ2) is 5.78. The fraction of sp³-hybridized carbons (Fsp3) is 0.250. The van der Waals surface area contributed by atoms with Crippen molar-refractivity contribution in [3.63, 3.8) is 0 Å². The Balaban J connectivity index is 1.86. The van der Waals surface area contributed by atoms with E-state index in [0.717, 1.165) is 24.0 Å². The van der Waals surface area contributed by atoms with Gasteiger partial charge in [-0.2, -0.15) is 0 Å². The summed E-state index contributed by atoms with van der Waals surface area (Å²) in [5, 5.41) is 3.96. The third kappa shape index (κ3) is 2.64. The first-order valence-electron chi connectivity index (χ1n) is 6.95. The Kier molecular flexibility index (Phi) is 3.98. The maximum absolute atomic E-state index is 12.3. The van der Waals surface area contributed by atoms with Crippen molar-refractivity contribution in [2.24, 2.45) is 0 Å². The molecule has 114 valence electrons. The minimum Gasteiger partial charge on any atom is -0.345 e. The van der Waals surface area contributed by atoms with Gasteiger partial charge in [0.25, 0.3) is 11.5 Å². The monoisotopic (exact) mass is 336 g/mol. The number of aryl methyl sites for hydroxylation is 1. The van der Waals surface area contributed by atoms with E-state index in [0.29, 0.717) is 15.7 Å². The lowest BCUT2D eigenvalue weighted by atomic mass is 10.1. The first-order chi connectivity index (χ1) is 10.5. The molecule has 1 heterocycles. The van der Waals surface area contributed by atoms with Gasteiger partial charge in [-0.15, -0.1) is 0 Å². The van der Waals surface area contributed by atoms with Crippen LogP contribution in [0.3, 0.4) is 0 Å². The number of pyridine rings is 1. The molecular formula is C16H14Cl2N2O2. The zero-order chi connectivity index (χ0) is 15.9. The minimum atomic E-state index is -0.384. The van der Waals surface area contributed by atoms with Crippen molar-refractivity contribution in [1.29, 1.82) is 0 Å². The summed E-state index contributed by atoms with van der Waals surface area (Å²) in [5.41, 5.74) is 2.38. The Morgan fingerprint density at radius 1 is 1.27 bits per heavy atom. The molecule has 6 heteroatoms. The van der Waals surface area contributed by atoms with E-state index < -0.39 is 0 Å². The topological polar surface area (TPSA) is 62.0 Å². The molecule has 1 aliphatic rings. The lowest BCUT2D eigenvalue weighted by molar-refractivity contribution is 0.0935. The van der Waals surface area contributed by atoms with Crippen molar-refractivity contribution in [3.8, 4) is 0 Å². The number of carbonyl (C=O) groups is 1. The number of fused-ring (bicyclic) bond motifs is 1. The summed E-state index contributed by atoms with van der Waals surface area (Å²) in [5.74, 6) is -0.384. The number of nitrogens with one attached hydrogen (secondary N) is 2. The first kappa shape index (κ1) is 15.1. The van der Waals surface area contributed by atoms with Gasteiger partial charge in [0.05, 0.1) is 16.1 Å². The van der Waals surface area contributed by atoms with Crippen LogP contribution >= 0.6 is 23.2 Å². The van der Waals surface area contributed by atoms with Gasteiger partial charge in [-0.1, -0.05) is 29.3 Å². The number of carbonyl (C=O) groups excluding carboxylic acids is 1. The SMILES string of the molecule is Cc1ccc(C(=O)N[C@@H]2CCc3c2ccc(Cl)c3Cl)c(=O)[nH]1. The molecule has 0 bridgehead atoms. The van der Waals surface area contributed by atoms with Crippen LogP contribution in [0.15, 0.2) is 29.1 Å². The summed E-state index contributed by atoms with van der Waals surface area (Å²) in [6.07, 6.45) is 1.49. The zero-order valence-electron chi connectivity index (χ0n) is 11.9. The fourth-order valence-electron chi connectivity index (χ4n) is 2.77. The fourth-order valence-corrected chi connectivity index (χ4v) is 3.21. The summed E-state index contributed by atoms with van der Waals surface area (Å²) >= 11 is 12.2. The summed E-state index contributed by atoms with van der Waals surface area (Å²) in [6, 6.07) is 6.69. The third-order valence-electron chi connectivity index (χ3n) is 3.90. The molecule has 3 rings (SSSR count). The molecular weight excluding hydrogens is 323 g/mol. The second-order valence-corrected chi connectivity index (χ2v) is 6.16. The zero-order valence-corrected chi connectivity index (χ0v) is 13.4. The molecule has 0 saturated carbocycles. The molecule has 1 aromatic heterocycles. The van der Waals surface area contributed by atoms with Crippen LogP contribution in [-0.4, -0.2) is 10.9 Å². The summed E-state index contributed by atoms with van der Waals surface area (Å²) in [6.45, 7) is 1.77. The van der Waals surface area contributed by atoms with Gasteiger partial charge in [0.15, 0.2) is 0 Å². The van der Waals surface area contributed by atoms with Crippen LogP contribution in [0.5, 0.6) is 0 Å². The molecule has 1 atom stereocenters. The van der Waals surface area contributed by atoms with Crippen LogP contribution in [0.25, 0.3) is 0 Å². The predicted molar refractivity (Wildman–Crippen MR) is 86.8 cm³/mol. The predicted octanol–water partition coefficient (Wildman–Crippen LogP) is 3.41. The number of hydrogen-bond donors (Lipinski definition) is 2. The molecule has 1 aromatic carbocycles. The van der Waals surface area contributed by atoms with Gasteiger partial charge in [0, 0.05) is 5.69 Å². The van der Waals surface area contributed by atoms with Crippen molar-refractivity contribution in [2.45, 2.75) is 25.8 Å². The molecule has 0 radical (unpaired) electrons. The molecule has 0 unspecified atom stereocenters. The molecule has 2 aromatic rings. The standard InChI is InChI=1S/C16H14Cl2N2O2/c1-8-2-3-11(15(21)19-8)16(22)20-13-7-5-10-9(13)4-6-12(17)14(10)18/h2-4,6,13H,5,7H2,1H3,(H,19,21)(H,20,22)/t13-/m1/s1. The highest BCUT2D eigenvalue weighted by atomic mass is 35.5. The third-order valence-corrected chi connectivity index (χ3v) is 4.74. The van der Waals surface area contributed by atoms with Crippen LogP contribution in [-0.2, 0) is 6.42 Å². The first-order valence-corrected chi connectivity index (χ1v) is 7.70. The maximum Gasteiger partial charge on any atom is 0.260 e. The summed E-state index contributed by atoms with van der Waals surface area (Å²) in [4.78, 5) is 26.8. The van der Waals surface area contributed by atoms with Crippen LogP contribution in [0, 0.1) is 6.92 Å². The number of H-pyrrole nitrogens is 1. The van der Waals surface area contributed by atoms with Gasteiger partial charge in [-0.3, -0.25) is 9.59 Å². The van der Waals surface area contributed by atoms with Crippen molar-refractivity contribution < 1.29 is 4.79 Å². The number of aromatic amines is 1. The van der Waals surface area contributed by atoms with Crippen LogP contribution < -0.4 is 10.9 Å². The Labute approximate surface area is 137 Å². The lowest BCUT2D eigenvalue weighted by Gasteiger charge is -2.14. The number of aromatic nitrogens is 1. The number of hydrogen-bond acceptors (Lipinski definition) is 2. The minimum absolute atomic E-state index is 0.110. The second-order valence-electron chi connectivity index (χ2n) is 5.38. The molecule has 0 fully saturated rings. The van der Waals surface area contributed by atoms with Crippen LogP contribution in [0.2, 0.25) is 10.0 Å². The van der Waals surface area contributed by atoms with Gasteiger partial charge in [-0.25, -0.2) is 0 Å². The van der Waals surface area contributed by atoms with Gasteiger partial charge >= 0.3 is 0 Å². The van der Waals surface area contributed by atoms with Crippen LogP contribution in [0.4, 0.5) is 0 Å². The number of amides is 1. The highest BCUT2D eigenvalue weighted by Gasteiger charge is 2.27. The largest absolute Gasteiger partial charge is 0.345 e. The van der Waals surface area contributed by atoms with E-state index in [2.05, 4.69) is 10.3 Å². The van der Waals surface area contributed by atoms with Gasteiger partial charge in [0.2, 0.25) is 0 Å². The highest BCUT2D eigenvalue weighted by Crippen LogP contribution is 2.39. The van der Waals surface area contributed by atoms with Gasteiger partial charge in [-0.05, 0) is 49.1 Å². The van der Waals surface area contributed by atoms with Crippen molar-refractivity contribution in [1.82, 2.24) is 10.3 Å². The Hall–Kier alpha value is -1.78. The average molecular weight is 337 g/mol. The maximum atomic E-state index is 12.3. The molecule has 1 amide bonds. The molecule has 4 nitrogen and oxygen atoms in total.